The van der Waals surface area contributed by atoms with Crippen LogP contribution in [0.2, 0.25) is 0 Å². The van der Waals surface area contributed by atoms with Crippen molar-refractivity contribution >= 4 is 21.9 Å². The Bertz CT molecular complexity index is 423. The molecule has 2 rings (SSSR count). The molecule has 66 valence electrons. The summed E-state index contributed by atoms with van der Waals surface area (Å²) in [7, 11) is 0. The van der Waals surface area contributed by atoms with Crippen molar-refractivity contribution in [1.82, 2.24) is 0 Å². The van der Waals surface area contributed by atoms with Gasteiger partial charge in [0.05, 0.1) is 0 Å². The van der Waals surface area contributed by atoms with Gasteiger partial charge in [0.2, 0.25) is 0 Å². The molecule has 0 aromatic heterocycles. The molecule has 0 radical (unpaired) electrons. The molecule has 0 aliphatic rings. The van der Waals surface area contributed by atoms with E-state index in [0.717, 1.165) is 10.3 Å². The van der Waals surface area contributed by atoms with Crippen LogP contribution >= 0.6 is 0 Å². The Kier molecular flexibility index (Phi) is 2.25. The molecule has 0 heterocycles. The van der Waals surface area contributed by atoms with Crippen LogP contribution in [0.3, 0.4) is 0 Å². The number of rotatable bonds is 1. The summed E-state index contributed by atoms with van der Waals surface area (Å²) < 4.78 is 11.2. The first-order valence-electron chi connectivity index (χ1n) is 4.09. The quantitative estimate of drug-likeness (QED) is 0.634. The molecular formula is C11H10OS. The van der Waals surface area contributed by atoms with E-state index < -0.39 is 11.2 Å². The Morgan fingerprint density at radius 1 is 1.00 bits per heavy atom. The van der Waals surface area contributed by atoms with Crippen LogP contribution in [0, 0.1) is 0 Å². The fourth-order valence-electron chi connectivity index (χ4n) is 1.35. The van der Waals surface area contributed by atoms with Gasteiger partial charge in [-0.15, -0.1) is 0 Å². The molecule has 0 amide bonds. The number of fused-ring (bicyclic) bond motifs is 1. The van der Waals surface area contributed by atoms with Crippen LogP contribution in [-0.2, 0) is 11.2 Å². The lowest BCUT2D eigenvalue weighted by Gasteiger charge is -2.04. The zero-order valence-electron chi connectivity index (χ0n) is 7.36. The van der Waals surface area contributed by atoms with E-state index in [1.54, 1.807) is 6.26 Å². The average Bonchev–Trinajstić information content (AvgIpc) is 2.17. The van der Waals surface area contributed by atoms with Crippen molar-refractivity contribution in [2.75, 3.05) is 6.26 Å². The van der Waals surface area contributed by atoms with Crippen LogP contribution in [-0.4, -0.2) is 10.8 Å². The first-order chi connectivity index (χ1) is 6.27. The van der Waals surface area contributed by atoms with Gasteiger partial charge in [0.15, 0.2) is 4.90 Å². The number of benzene rings is 2. The second-order valence-corrected chi connectivity index (χ2v) is 4.34. The molecule has 0 aliphatic heterocycles. The van der Waals surface area contributed by atoms with Crippen LogP contribution < -0.4 is 0 Å². The van der Waals surface area contributed by atoms with Gasteiger partial charge in [-0.1, -0.05) is 24.3 Å². The molecule has 0 saturated carbocycles. The molecule has 0 bridgehead atoms. The Morgan fingerprint density at radius 3 is 2.38 bits per heavy atom. The summed E-state index contributed by atoms with van der Waals surface area (Å²) in [5.74, 6) is 0. The summed E-state index contributed by atoms with van der Waals surface area (Å²) >= 11 is -0.885. The molecule has 0 unspecified atom stereocenters. The average molecular weight is 190 g/mol. The molecule has 2 heteroatoms. The Hall–Kier alpha value is -0.990. The predicted octanol–water partition coefficient (Wildman–Crippen LogP) is 2.58. The minimum Gasteiger partial charge on any atom is -0.612 e. The largest absolute Gasteiger partial charge is 0.612 e. The highest BCUT2D eigenvalue weighted by Crippen LogP contribution is 2.18. The molecule has 1 nitrogen and oxygen atoms in total. The van der Waals surface area contributed by atoms with E-state index in [9.17, 15) is 4.55 Å². The second-order valence-electron chi connectivity index (χ2n) is 2.96. The summed E-state index contributed by atoms with van der Waals surface area (Å²) in [4.78, 5) is 0.888. The SMILES string of the molecule is C[S@@+]([O-])c1ccc2ccccc2c1. The van der Waals surface area contributed by atoms with E-state index in [-0.39, 0.29) is 0 Å². The van der Waals surface area contributed by atoms with Gasteiger partial charge < -0.3 is 4.55 Å². The monoisotopic (exact) mass is 190 g/mol. The highest BCUT2D eigenvalue weighted by Gasteiger charge is 2.03. The normalized spacial score (nSPS) is 13.1. The maximum absolute atomic E-state index is 11.2. The zero-order valence-corrected chi connectivity index (χ0v) is 8.17. The zero-order chi connectivity index (χ0) is 9.26. The van der Waals surface area contributed by atoms with Gasteiger partial charge >= 0.3 is 0 Å². The van der Waals surface area contributed by atoms with Crippen LogP contribution in [0.1, 0.15) is 0 Å². The lowest BCUT2D eigenvalue weighted by atomic mass is 10.1. The van der Waals surface area contributed by atoms with Gasteiger partial charge in [0.1, 0.15) is 6.26 Å². The second kappa shape index (κ2) is 3.40. The van der Waals surface area contributed by atoms with Crippen LogP contribution in [0.5, 0.6) is 0 Å². The Labute approximate surface area is 80.6 Å². The third kappa shape index (κ3) is 1.69. The minimum atomic E-state index is -0.885. The molecule has 0 N–H and O–H groups in total. The number of hydrogen-bond acceptors (Lipinski definition) is 1. The van der Waals surface area contributed by atoms with Crippen LogP contribution in [0.15, 0.2) is 47.4 Å². The fourth-order valence-corrected chi connectivity index (χ4v) is 1.90. The Morgan fingerprint density at radius 2 is 1.69 bits per heavy atom. The molecule has 2 aromatic carbocycles. The van der Waals surface area contributed by atoms with Gasteiger partial charge in [-0.25, -0.2) is 0 Å². The molecular weight excluding hydrogens is 180 g/mol. The summed E-state index contributed by atoms with van der Waals surface area (Å²) in [6.45, 7) is 0. The van der Waals surface area contributed by atoms with Gasteiger partial charge in [-0.05, 0) is 34.1 Å². The van der Waals surface area contributed by atoms with Crippen molar-refractivity contribution in [3.8, 4) is 0 Å². The van der Waals surface area contributed by atoms with Crippen LogP contribution in [0.25, 0.3) is 10.8 Å². The molecule has 0 aliphatic carbocycles. The maximum Gasteiger partial charge on any atom is 0.153 e. The summed E-state index contributed by atoms with van der Waals surface area (Å²) in [5.41, 5.74) is 0. The summed E-state index contributed by atoms with van der Waals surface area (Å²) in [6.07, 6.45) is 1.70. The van der Waals surface area contributed by atoms with Crippen molar-refractivity contribution in [2.24, 2.45) is 0 Å². The minimum absolute atomic E-state index is 0.885. The van der Waals surface area contributed by atoms with Crippen molar-refractivity contribution in [2.45, 2.75) is 4.90 Å². The van der Waals surface area contributed by atoms with Crippen molar-refractivity contribution in [3.05, 3.63) is 42.5 Å². The van der Waals surface area contributed by atoms with Crippen molar-refractivity contribution in [3.63, 3.8) is 0 Å². The highest BCUT2D eigenvalue weighted by atomic mass is 32.2. The van der Waals surface area contributed by atoms with Gasteiger partial charge in [-0.3, -0.25) is 0 Å². The highest BCUT2D eigenvalue weighted by molar-refractivity contribution is 7.90. The molecule has 2 aromatic rings. The third-order valence-corrected chi connectivity index (χ3v) is 2.97. The van der Waals surface area contributed by atoms with E-state index in [1.165, 1.54) is 5.39 Å². The molecule has 0 fully saturated rings. The first kappa shape index (κ1) is 8.60. The third-order valence-electron chi connectivity index (χ3n) is 2.05. The predicted molar refractivity (Wildman–Crippen MR) is 56.3 cm³/mol. The maximum atomic E-state index is 11.2. The van der Waals surface area contributed by atoms with Gasteiger partial charge in [0, 0.05) is 6.07 Å². The topological polar surface area (TPSA) is 23.1 Å². The molecule has 0 saturated heterocycles. The first-order valence-corrected chi connectivity index (χ1v) is 5.65. The lowest BCUT2D eigenvalue weighted by molar-refractivity contribution is 0.601. The molecule has 0 spiro atoms. The van der Waals surface area contributed by atoms with E-state index in [1.807, 2.05) is 36.4 Å². The Balaban J connectivity index is 2.62. The van der Waals surface area contributed by atoms with E-state index in [4.69, 9.17) is 0 Å². The van der Waals surface area contributed by atoms with Crippen LogP contribution in [0.4, 0.5) is 0 Å². The van der Waals surface area contributed by atoms with E-state index in [0.29, 0.717) is 0 Å². The van der Waals surface area contributed by atoms with Crippen molar-refractivity contribution in [1.29, 1.82) is 0 Å². The molecule has 1 atom stereocenters. The standard InChI is InChI=1S/C11H10OS/c1-13(12)11-7-6-9-4-2-3-5-10(9)8-11/h2-8H,1H3/t13-/m1/s1. The molecule has 13 heavy (non-hydrogen) atoms. The summed E-state index contributed by atoms with van der Waals surface area (Å²) in [6, 6.07) is 14.0. The van der Waals surface area contributed by atoms with Gasteiger partial charge in [0.25, 0.3) is 0 Å². The summed E-state index contributed by atoms with van der Waals surface area (Å²) in [5, 5.41) is 2.34. The lowest BCUT2D eigenvalue weighted by Crippen LogP contribution is -1.96. The van der Waals surface area contributed by atoms with Crippen molar-refractivity contribution < 1.29 is 4.55 Å². The van der Waals surface area contributed by atoms with E-state index in [2.05, 4.69) is 6.07 Å². The number of hydrogen-bond donors (Lipinski definition) is 0. The fraction of sp³-hybridized carbons (Fsp3) is 0.0909. The van der Waals surface area contributed by atoms with Gasteiger partial charge in [-0.2, -0.15) is 0 Å². The van der Waals surface area contributed by atoms with E-state index >= 15 is 0 Å². The smallest absolute Gasteiger partial charge is 0.153 e.